The van der Waals surface area contributed by atoms with Crippen molar-refractivity contribution in [3.05, 3.63) is 65.2 Å². The highest BCUT2D eigenvalue weighted by atomic mass is 32.2. The highest BCUT2D eigenvalue weighted by molar-refractivity contribution is 7.92. The molecule has 5 nitrogen and oxygen atoms in total. The molecular formula is C19H17NO4S. The Balaban J connectivity index is 2.12. The van der Waals surface area contributed by atoms with Crippen LogP contribution in [0.3, 0.4) is 0 Å². The minimum Gasteiger partial charge on any atom is -0.480 e. The Morgan fingerprint density at radius 2 is 1.52 bits per heavy atom. The van der Waals surface area contributed by atoms with E-state index in [4.69, 9.17) is 0 Å². The molecule has 3 atom stereocenters. The van der Waals surface area contributed by atoms with Crippen LogP contribution in [0.1, 0.15) is 22.6 Å². The Morgan fingerprint density at radius 3 is 1.96 bits per heavy atom. The van der Waals surface area contributed by atoms with E-state index in [1.54, 1.807) is 42.5 Å². The fraction of sp³-hybridized carbons (Fsp3) is 0.263. The predicted molar refractivity (Wildman–Crippen MR) is 91.8 cm³/mol. The van der Waals surface area contributed by atoms with Gasteiger partial charge in [0, 0.05) is 5.92 Å². The summed E-state index contributed by atoms with van der Waals surface area (Å²) in [5.74, 6) is -2.29. The molecule has 1 aliphatic rings. The molecule has 0 heterocycles. The van der Waals surface area contributed by atoms with Gasteiger partial charge in [0.25, 0.3) is 0 Å². The largest absolute Gasteiger partial charge is 0.480 e. The van der Waals surface area contributed by atoms with Gasteiger partial charge in [-0.3, -0.25) is 4.79 Å². The van der Waals surface area contributed by atoms with E-state index < -0.39 is 32.4 Å². The van der Waals surface area contributed by atoms with Crippen molar-refractivity contribution in [3.8, 4) is 6.07 Å². The van der Waals surface area contributed by atoms with E-state index in [0.29, 0.717) is 5.56 Å². The number of sulfone groups is 1. The molecular weight excluding hydrogens is 338 g/mol. The topological polar surface area (TPSA) is 95.2 Å². The molecule has 0 saturated heterocycles. The van der Waals surface area contributed by atoms with Crippen LogP contribution in [0.5, 0.6) is 0 Å². The summed E-state index contributed by atoms with van der Waals surface area (Å²) in [5, 5.41) is 17.9. The van der Waals surface area contributed by atoms with E-state index in [-0.39, 0.29) is 4.90 Å². The molecule has 1 saturated carbocycles. The fourth-order valence-electron chi connectivity index (χ4n) is 3.30. The lowest BCUT2D eigenvalue weighted by Crippen LogP contribution is -2.22. The number of carbonyl (C=O) groups is 1. The van der Waals surface area contributed by atoms with Crippen molar-refractivity contribution in [2.45, 2.75) is 29.9 Å². The van der Waals surface area contributed by atoms with Gasteiger partial charge in [0.1, 0.15) is 5.25 Å². The molecule has 0 aromatic heterocycles. The molecule has 6 heteroatoms. The minimum absolute atomic E-state index is 0.0404. The molecule has 0 bridgehead atoms. The Morgan fingerprint density at radius 1 is 1.04 bits per heavy atom. The summed E-state index contributed by atoms with van der Waals surface area (Å²) >= 11 is 0. The maximum absolute atomic E-state index is 13.0. The van der Waals surface area contributed by atoms with Crippen LogP contribution in [0.15, 0.2) is 53.4 Å². The number of rotatable bonds is 4. The van der Waals surface area contributed by atoms with Gasteiger partial charge in [-0.15, -0.1) is 0 Å². The third kappa shape index (κ3) is 2.52. The number of carboxylic acid groups (broad SMARTS) is 1. The summed E-state index contributed by atoms with van der Waals surface area (Å²) in [6.45, 7) is 3.71. The van der Waals surface area contributed by atoms with E-state index in [9.17, 15) is 23.6 Å². The van der Waals surface area contributed by atoms with Gasteiger partial charge >= 0.3 is 5.97 Å². The van der Waals surface area contributed by atoms with Crippen molar-refractivity contribution in [1.82, 2.24) is 0 Å². The second-order valence-electron chi connectivity index (χ2n) is 6.45. The predicted octanol–water partition coefficient (Wildman–Crippen LogP) is 2.84. The summed E-state index contributed by atoms with van der Waals surface area (Å²) in [4.78, 5) is 11.9. The Bertz CT molecular complexity index is 972. The zero-order valence-electron chi connectivity index (χ0n) is 13.8. The van der Waals surface area contributed by atoms with Gasteiger partial charge in [0.05, 0.1) is 11.0 Å². The molecule has 0 radical (unpaired) electrons. The number of benzene rings is 2. The first-order valence-corrected chi connectivity index (χ1v) is 9.31. The number of hydrogen-bond donors (Lipinski definition) is 1. The number of aliphatic carboxylic acids is 1. The van der Waals surface area contributed by atoms with Crippen molar-refractivity contribution in [1.29, 1.82) is 5.26 Å². The fourth-order valence-corrected chi connectivity index (χ4v) is 5.55. The van der Waals surface area contributed by atoms with E-state index in [1.165, 1.54) is 12.1 Å². The van der Waals surface area contributed by atoms with E-state index >= 15 is 0 Å². The van der Waals surface area contributed by atoms with Gasteiger partial charge in [0.2, 0.25) is 0 Å². The lowest BCUT2D eigenvalue weighted by atomic mass is 10.00. The molecule has 1 fully saturated rings. The Kier molecular flexibility index (Phi) is 3.92. The first-order valence-electron chi connectivity index (χ1n) is 7.77. The third-order valence-electron chi connectivity index (χ3n) is 4.79. The lowest BCUT2D eigenvalue weighted by molar-refractivity contribution is -0.141. The average molecular weight is 355 g/mol. The molecule has 0 spiro atoms. The zero-order chi connectivity index (χ0) is 18.4. The molecule has 0 unspecified atom stereocenters. The molecule has 0 aliphatic heterocycles. The van der Waals surface area contributed by atoms with Crippen LogP contribution < -0.4 is 0 Å². The first kappa shape index (κ1) is 17.2. The van der Waals surface area contributed by atoms with Crippen molar-refractivity contribution in [3.63, 3.8) is 0 Å². The normalized spacial score (nSPS) is 25.2. The highest BCUT2D eigenvalue weighted by Crippen LogP contribution is 2.63. The average Bonchev–Trinajstić information content (AvgIpc) is 3.27. The number of aryl methyl sites for hydroxylation is 2. The van der Waals surface area contributed by atoms with Crippen molar-refractivity contribution in [2.75, 3.05) is 0 Å². The van der Waals surface area contributed by atoms with Gasteiger partial charge in [-0.05, 0) is 31.5 Å². The van der Waals surface area contributed by atoms with Crippen LogP contribution in [-0.2, 0) is 14.6 Å². The second-order valence-corrected chi connectivity index (χ2v) is 8.52. The smallest absolute Gasteiger partial charge is 0.326 e. The van der Waals surface area contributed by atoms with Gasteiger partial charge in [-0.2, -0.15) is 5.26 Å². The van der Waals surface area contributed by atoms with Crippen LogP contribution in [0, 0.1) is 30.6 Å². The van der Waals surface area contributed by atoms with Crippen LogP contribution >= 0.6 is 0 Å². The molecule has 128 valence electrons. The van der Waals surface area contributed by atoms with Crippen LogP contribution in [0.4, 0.5) is 0 Å². The zero-order valence-corrected chi connectivity index (χ0v) is 14.6. The van der Waals surface area contributed by atoms with E-state index in [1.807, 2.05) is 13.8 Å². The maximum atomic E-state index is 13.0. The SMILES string of the molecule is Cc1ccc([C@@H]2[C@H](S(=O)(=O)c3ccc(C)cc3)[C@]2(C#N)C(=O)O)cc1. The molecule has 3 rings (SSSR count). The maximum Gasteiger partial charge on any atom is 0.326 e. The second kappa shape index (κ2) is 5.71. The molecule has 0 amide bonds. The number of nitrogens with zero attached hydrogens (tertiary/aromatic N) is 1. The summed E-state index contributed by atoms with van der Waals surface area (Å²) in [6.07, 6.45) is 0. The van der Waals surface area contributed by atoms with Crippen LogP contribution in [0.2, 0.25) is 0 Å². The highest BCUT2D eigenvalue weighted by Gasteiger charge is 2.77. The molecule has 1 aliphatic carbocycles. The van der Waals surface area contributed by atoms with Gasteiger partial charge in [-0.25, -0.2) is 8.42 Å². The van der Waals surface area contributed by atoms with Gasteiger partial charge in [-0.1, -0.05) is 47.5 Å². The summed E-state index contributed by atoms with van der Waals surface area (Å²) < 4.78 is 26.0. The monoisotopic (exact) mass is 355 g/mol. The molecule has 2 aromatic carbocycles. The van der Waals surface area contributed by atoms with Crippen LogP contribution in [0.25, 0.3) is 0 Å². The van der Waals surface area contributed by atoms with E-state index in [2.05, 4.69) is 0 Å². The summed E-state index contributed by atoms with van der Waals surface area (Å²) in [6, 6.07) is 15.0. The minimum atomic E-state index is -3.96. The summed E-state index contributed by atoms with van der Waals surface area (Å²) in [7, 11) is -3.96. The number of carboxylic acids is 1. The van der Waals surface area contributed by atoms with E-state index in [0.717, 1.165) is 11.1 Å². The van der Waals surface area contributed by atoms with Gasteiger partial charge in [0.15, 0.2) is 15.3 Å². The molecule has 1 N–H and O–H groups in total. The quantitative estimate of drug-likeness (QED) is 0.910. The summed E-state index contributed by atoms with van der Waals surface area (Å²) in [5.41, 5.74) is 0.462. The standard InChI is InChI=1S/C19H17NO4S/c1-12-3-7-14(8-4-12)16-17(19(16,11-20)18(21)22)25(23,24)15-9-5-13(2)6-10-15/h3-10,16-17H,1-2H3,(H,21,22)/t16-,17+,19-/m1/s1. The number of hydrogen-bond acceptors (Lipinski definition) is 4. The molecule has 2 aromatic rings. The van der Waals surface area contributed by atoms with Crippen LogP contribution in [-0.4, -0.2) is 24.7 Å². The lowest BCUT2D eigenvalue weighted by Gasteiger charge is -2.05. The van der Waals surface area contributed by atoms with Crippen molar-refractivity contribution in [2.24, 2.45) is 5.41 Å². The third-order valence-corrected chi connectivity index (χ3v) is 7.03. The molecule has 25 heavy (non-hydrogen) atoms. The van der Waals surface area contributed by atoms with Crippen molar-refractivity contribution >= 4 is 15.8 Å². The van der Waals surface area contributed by atoms with Crippen molar-refractivity contribution < 1.29 is 18.3 Å². The Hall–Kier alpha value is -2.65. The Labute approximate surface area is 146 Å². The number of nitriles is 1. The van der Waals surface area contributed by atoms with Gasteiger partial charge < -0.3 is 5.11 Å². The first-order chi connectivity index (χ1) is 11.7.